The van der Waals surface area contributed by atoms with Crippen LogP contribution in [0.2, 0.25) is 0 Å². The van der Waals surface area contributed by atoms with Crippen molar-refractivity contribution in [2.45, 2.75) is 26.7 Å². The van der Waals surface area contributed by atoms with E-state index in [2.05, 4.69) is 40.3 Å². The summed E-state index contributed by atoms with van der Waals surface area (Å²) in [7, 11) is 0. The van der Waals surface area contributed by atoms with Crippen molar-refractivity contribution >= 4 is 28.1 Å². The minimum atomic E-state index is -0.386. The zero-order chi connectivity index (χ0) is 18.4. The van der Waals surface area contributed by atoms with Gasteiger partial charge < -0.3 is 4.74 Å². The molecule has 0 aliphatic carbocycles. The number of halogens is 2. The molecule has 25 heavy (non-hydrogen) atoms. The molecule has 6 heteroatoms. The number of benzene rings is 2. The second kappa shape index (κ2) is 8.76. The van der Waals surface area contributed by atoms with Crippen LogP contribution in [0.5, 0.6) is 5.75 Å². The summed E-state index contributed by atoms with van der Waals surface area (Å²) in [6.45, 7) is 5.94. The molecule has 132 valence electrons. The van der Waals surface area contributed by atoms with E-state index in [1.165, 1.54) is 18.3 Å². The maximum absolute atomic E-state index is 13.1. The first-order valence-corrected chi connectivity index (χ1v) is 8.66. The average molecular weight is 407 g/mol. The van der Waals surface area contributed by atoms with E-state index in [0.29, 0.717) is 11.3 Å². The Morgan fingerprint density at radius 3 is 2.80 bits per heavy atom. The van der Waals surface area contributed by atoms with Crippen molar-refractivity contribution in [3.05, 3.63) is 63.4 Å². The highest BCUT2D eigenvalue weighted by atomic mass is 79.9. The highest BCUT2D eigenvalue weighted by Crippen LogP contribution is 2.32. The van der Waals surface area contributed by atoms with Crippen molar-refractivity contribution < 1.29 is 13.9 Å². The lowest BCUT2D eigenvalue weighted by Crippen LogP contribution is -2.25. The molecule has 0 saturated carbocycles. The number of carbonyl (C=O) groups is 1. The van der Waals surface area contributed by atoms with E-state index >= 15 is 0 Å². The number of rotatable bonds is 6. The molecule has 0 fully saturated rings. The highest BCUT2D eigenvalue weighted by Gasteiger charge is 2.12. The van der Waals surface area contributed by atoms with Gasteiger partial charge in [-0.05, 0) is 53.8 Å². The van der Waals surface area contributed by atoms with Crippen LogP contribution in [-0.2, 0) is 4.79 Å². The van der Waals surface area contributed by atoms with Crippen LogP contribution >= 0.6 is 15.9 Å². The molecular formula is C19H20BrFN2O2. The third-order valence-electron chi connectivity index (χ3n) is 3.52. The van der Waals surface area contributed by atoms with Crippen LogP contribution in [-0.4, -0.2) is 18.7 Å². The maximum Gasteiger partial charge on any atom is 0.277 e. The normalized spacial score (nSPS) is 11.1. The number of carbonyl (C=O) groups excluding carboxylic acids is 1. The number of nitrogens with zero attached hydrogens (tertiary/aromatic N) is 1. The summed E-state index contributed by atoms with van der Waals surface area (Å²) < 4.78 is 19.7. The van der Waals surface area contributed by atoms with Crippen LogP contribution in [0.4, 0.5) is 4.39 Å². The molecule has 0 unspecified atom stereocenters. The van der Waals surface area contributed by atoms with Gasteiger partial charge >= 0.3 is 0 Å². The molecule has 0 bridgehead atoms. The topological polar surface area (TPSA) is 50.7 Å². The Labute approximate surface area is 155 Å². The number of ether oxygens (including phenoxy) is 1. The van der Waals surface area contributed by atoms with Crippen molar-refractivity contribution in [3.8, 4) is 5.75 Å². The van der Waals surface area contributed by atoms with E-state index in [9.17, 15) is 9.18 Å². The maximum atomic E-state index is 13.1. The number of aryl methyl sites for hydroxylation is 1. The van der Waals surface area contributed by atoms with Gasteiger partial charge in [0.15, 0.2) is 6.61 Å². The minimum Gasteiger partial charge on any atom is -0.483 e. The number of nitrogens with one attached hydrogen (secondary N) is 1. The van der Waals surface area contributed by atoms with Gasteiger partial charge in [0.2, 0.25) is 0 Å². The molecule has 1 amide bonds. The second-order valence-corrected chi connectivity index (χ2v) is 6.79. The summed E-state index contributed by atoms with van der Waals surface area (Å²) in [4.78, 5) is 11.9. The van der Waals surface area contributed by atoms with E-state index in [1.54, 1.807) is 12.1 Å². The first-order valence-electron chi connectivity index (χ1n) is 7.87. The predicted octanol–water partition coefficient (Wildman–Crippen LogP) is 4.55. The second-order valence-electron chi connectivity index (χ2n) is 5.93. The fourth-order valence-electron chi connectivity index (χ4n) is 2.19. The molecule has 4 nitrogen and oxygen atoms in total. The molecule has 0 atom stereocenters. The first kappa shape index (κ1) is 19.1. The van der Waals surface area contributed by atoms with Gasteiger partial charge in [0.1, 0.15) is 11.6 Å². The quantitative estimate of drug-likeness (QED) is 0.564. The first-order chi connectivity index (χ1) is 11.9. The van der Waals surface area contributed by atoms with E-state index in [0.717, 1.165) is 15.6 Å². The van der Waals surface area contributed by atoms with Gasteiger partial charge in [-0.1, -0.05) is 41.9 Å². The summed E-state index contributed by atoms with van der Waals surface area (Å²) in [5.74, 6) is 0.203. The lowest BCUT2D eigenvalue weighted by Gasteiger charge is -2.15. The zero-order valence-electron chi connectivity index (χ0n) is 14.3. The summed E-state index contributed by atoms with van der Waals surface area (Å²) in [6, 6.07) is 9.85. The molecule has 0 aliphatic heterocycles. The van der Waals surface area contributed by atoms with Gasteiger partial charge in [0.05, 0.1) is 6.21 Å². The smallest absolute Gasteiger partial charge is 0.277 e. The van der Waals surface area contributed by atoms with E-state index < -0.39 is 0 Å². The van der Waals surface area contributed by atoms with Crippen LogP contribution in [0.15, 0.2) is 46.0 Å². The third-order valence-corrected chi connectivity index (χ3v) is 4.38. The molecule has 0 aliphatic rings. The predicted molar refractivity (Wildman–Crippen MR) is 101 cm³/mol. The number of hydrazone groups is 1. The van der Waals surface area contributed by atoms with Crippen LogP contribution in [0, 0.1) is 12.7 Å². The summed E-state index contributed by atoms with van der Waals surface area (Å²) >= 11 is 3.51. The number of hydrogen-bond acceptors (Lipinski definition) is 3. The molecule has 0 radical (unpaired) electrons. The van der Waals surface area contributed by atoms with Crippen molar-refractivity contribution in [1.82, 2.24) is 5.43 Å². The monoisotopic (exact) mass is 406 g/mol. The largest absolute Gasteiger partial charge is 0.483 e. The highest BCUT2D eigenvalue weighted by molar-refractivity contribution is 9.10. The number of hydrogen-bond donors (Lipinski definition) is 1. The Kier molecular flexibility index (Phi) is 6.70. The number of amides is 1. The Morgan fingerprint density at radius 2 is 2.12 bits per heavy atom. The Bertz CT molecular complexity index is 791. The van der Waals surface area contributed by atoms with Crippen LogP contribution < -0.4 is 10.2 Å². The van der Waals surface area contributed by atoms with Crippen molar-refractivity contribution in [3.63, 3.8) is 0 Å². The Hall–Kier alpha value is -2.21. The van der Waals surface area contributed by atoms with Gasteiger partial charge in [-0.3, -0.25) is 4.79 Å². The summed E-state index contributed by atoms with van der Waals surface area (Å²) in [6.07, 6.45) is 1.38. The summed E-state index contributed by atoms with van der Waals surface area (Å²) in [5, 5.41) is 3.81. The molecule has 0 aromatic heterocycles. The average Bonchev–Trinajstić information content (AvgIpc) is 2.55. The van der Waals surface area contributed by atoms with E-state index in [4.69, 9.17) is 4.74 Å². The van der Waals surface area contributed by atoms with Crippen LogP contribution in [0.3, 0.4) is 0 Å². The van der Waals surface area contributed by atoms with Gasteiger partial charge in [0, 0.05) is 4.47 Å². The van der Waals surface area contributed by atoms with Crippen LogP contribution in [0.1, 0.15) is 36.5 Å². The van der Waals surface area contributed by atoms with Crippen molar-refractivity contribution in [2.24, 2.45) is 5.10 Å². The fourth-order valence-corrected chi connectivity index (χ4v) is 2.55. The van der Waals surface area contributed by atoms with E-state index in [-0.39, 0.29) is 24.2 Å². The molecule has 2 aromatic rings. The Balaban J connectivity index is 1.95. The SMILES string of the molecule is Cc1cc(OCC(=O)N/N=C/c2cccc(F)c2)c(C(C)C)cc1Br. The molecule has 2 aromatic carbocycles. The lowest BCUT2D eigenvalue weighted by atomic mass is 10.0. The molecule has 0 saturated heterocycles. The standard InChI is InChI=1S/C19H20BrFN2O2/c1-12(2)16-9-17(20)13(3)7-18(16)25-11-19(24)23-22-10-14-5-4-6-15(21)8-14/h4-10,12H,11H2,1-3H3,(H,23,24)/b22-10+. The molecule has 2 rings (SSSR count). The molecule has 1 N–H and O–H groups in total. The van der Waals surface area contributed by atoms with Crippen LogP contribution in [0.25, 0.3) is 0 Å². The van der Waals surface area contributed by atoms with Crippen molar-refractivity contribution in [1.29, 1.82) is 0 Å². The molecular weight excluding hydrogens is 387 g/mol. The lowest BCUT2D eigenvalue weighted by molar-refractivity contribution is -0.123. The third kappa shape index (κ3) is 5.67. The zero-order valence-corrected chi connectivity index (χ0v) is 15.9. The van der Waals surface area contributed by atoms with Gasteiger partial charge in [-0.2, -0.15) is 5.10 Å². The Morgan fingerprint density at radius 1 is 1.36 bits per heavy atom. The summed E-state index contributed by atoms with van der Waals surface area (Å²) in [5.41, 5.74) is 4.98. The fraction of sp³-hybridized carbons (Fsp3) is 0.263. The minimum absolute atomic E-state index is 0.152. The molecule has 0 spiro atoms. The van der Waals surface area contributed by atoms with Gasteiger partial charge in [-0.15, -0.1) is 0 Å². The van der Waals surface area contributed by atoms with Crippen molar-refractivity contribution in [2.75, 3.05) is 6.61 Å². The van der Waals surface area contributed by atoms with Gasteiger partial charge in [0.25, 0.3) is 5.91 Å². The van der Waals surface area contributed by atoms with Gasteiger partial charge in [-0.25, -0.2) is 9.82 Å². The molecule has 0 heterocycles. The van der Waals surface area contributed by atoms with E-state index in [1.807, 2.05) is 19.1 Å².